The second-order valence-electron chi connectivity index (χ2n) is 9.25. The number of hydrogen-bond acceptors (Lipinski definition) is 6. The van der Waals surface area contributed by atoms with Gasteiger partial charge in [0.2, 0.25) is 0 Å². The first-order valence-corrected chi connectivity index (χ1v) is 13.0. The number of piperazine rings is 1. The van der Waals surface area contributed by atoms with E-state index in [-0.39, 0.29) is 24.1 Å². The van der Waals surface area contributed by atoms with Crippen LogP contribution in [0.1, 0.15) is 25.7 Å². The Morgan fingerprint density at radius 1 is 0.868 bits per heavy atom. The predicted molar refractivity (Wildman–Crippen MR) is 147 cm³/mol. The van der Waals surface area contributed by atoms with Crippen LogP contribution in [0.5, 0.6) is 11.5 Å². The van der Waals surface area contributed by atoms with Crippen LogP contribution >= 0.6 is 0 Å². The van der Waals surface area contributed by atoms with Crippen LogP contribution < -0.4 is 15.0 Å². The van der Waals surface area contributed by atoms with Crippen molar-refractivity contribution in [2.45, 2.75) is 19.9 Å². The van der Waals surface area contributed by atoms with E-state index in [1.54, 1.807) is 4.57 Å². The first kappa shape index (κ1) is 25.5. The summed E-state index contributed by atoms with van der Waals surface area (Å²) in [5, 5.41) is 0.575. The van der Waals surface area contributed by atoms with Crippen molar-refractivity contribution in [3.05, 3.63) is 95.0 Å². The van der Waals surface area contributed by atoms with E-state index in [0.29, 0.717) is 55.3 Å². The van der Waals surface area contributed by atoms with Gasteiger partial charge in [-0.3, -0.25) is 19.1 Å². The molecule has 1 aliphatic rings. The quantitative estimate of drug-likeness (QED) is 0.354. The molecule has 4 aromatic rings. The molecule has 0 N–H and O–H groups in total. The molecule has 1 aliphatic heterocycles. The van der Waals surface area contributed by atoms with Gasteiger partial charge in [-0.25, -0.2) is 4.98 Å². The minimum Gasteiger partial charge on any atom is -0.494 e. The predicted octanol–water partition coefficient (Wildman–Crippen LogP) is 4.07. The van der Waals surface area contributed by atoms with Crippen molar-refractivity contribution in [1.82, 2.24) is 19.4 Å². The van der Waals surface area contributed by atoms with Gasteiger partial charge in [0.15, 0.2) is 6.61 Å². The number of hydrogen-bond donors (Lipinski definition) is 0. The summed E-state index contributed by atoms with van der Waals surface area (Å²) < 4.78 is 12.9. The van der Waals surface area contributed by atoms with Crippen LogP contribution in [-0.2, 0) is 4.79 Å². The Labute approximate surface area is 222 Å². The lowest BCUT2D eigenvalue weighted by Gasteiger charge is -2.38. The number of carbonyl (C=O) groups excluding carboxylic acids is 1. The second-order valence-corrected chi connectivity index (χ2v) is 9.25. The fourth-order valence-corrected chi connectivity index (χ4v) is 4.81. The molecule has 8 nitrogen and oxygen atoms in total. The third-order valence-electron chi connectivity index (χ3n) is 6.90. The van der Waals surface area contributed by atoms with E-state index in [2.05, 4.69) is 11.8 Å². The van der Waals surface area contributed by atoms with E-state index in [0.717, 1.165) is 11.4 Å². The second kappa shape index (κ2) is 11.5. The van der Waals surface area contributed by atoms with Gasteiger partial charge >= 0.3 is 0 Å². The Morgan fingerprint density at radius 3 is 2.24 bits per heavy atom. The van der Waals surface area contributed by atoms with Crippen molar-refractivity contribution < 1.29 is 14.3 Å². The molecule has 196 valence electrons. The first-order chi connectivity index (χ1) is 18.5. The van der Waals surface area contributed by atoms with Gasteiger partial charge in [0.25, 0.3) is 11.5 Å². The van der Waals surface area contributed by atoms with Crippen LogP contribution in [-0.4, -0.2) is 64.7 Å². The molecule has 1 amide bonds. The molecule has 1 atom stereocenters. The number of para-hydroxylation sites is 2. The fourth-order valence-electron chi connectivity index (χ4n) is 4.81. The summed E-state index contributed by atoms with van der Waals surface area (Å²) in [6.45, 7) is 7.11. The standard InChI is InChI=1S/C30H32N4O4/c1-3-37-25-15-13-23(14-16-25)34-29(31-27-12-8-7-11-26(27)30(34)36)22(2)32-17-19-33(20-18-32)28(35)21-38-24-9-5-4-6-10-24/h4-16,22H,3,17-21H2,1-2H3. The maximum absolute atomic E-state index is 13.7. The molecule has 1 saturated heterocycles. The third-order valence-corrected chi connectivity index (χ3v) is 6.90. The number of rotatable bonds is 8. The van der Waals surface area contributed by atoms with E-state index in [1.807, 2.05) is 90.7 Å². The molecule has 1 aromatic heterocycles. The minimum absolute atomic E-state index is 0.0169. The number of amides is 1. The molecule has 5 rings (SSSR count). The lowest BCUT2D eigenvalue weighted by molar-refractivity contribution is -0.135. The van der Waals surface area contributed by atoms with E-state index in [4.69, 9.17) is 14.5 Å². The fraction of sp³-hybridized carbons (Fsp3) is 0.300. The van der Waals surface area contributed by atoms with Crippen LogP contribution in [0.25, 0.3) is 16.6 Å². The van der Waals surface area contributed by atoms with Crippen molar-refractivity contribution in [1.29, 1.82) is 0 Å². The van der Waals surface area contributed by atoms with Crippen LogP contribution in [0, 0.1) is 0 Å². The number of nitrogens with zero attached hydrogens (tertiary/aromatic N) is 4. The summed E-state index contributed by atoms with van der Waals surface area (Å²) in [6.07, 6.45) is 0. The number of benzene rings is 3. The maximum Gasteiger partial charge on any atom is 0.266 e. The highest BCUT2D eigenvalue weighted by Gasteiger charge is 2.28. The molecule has 3 aromatic carbocycles. The topological polar surface area (TPSA) is 76.9 Å². The highest BCUT2D eigenvalue weighted by molar-refractivity contribution is 5.78. The molecule has 1 fully saturated rings. The zero-order chi connectivity index (χ0) is 26.5. The van der Waals surface area contributed by atoms with Crippen molar-refractivity contribution in [3.63, 3.8) is 0 Å². The highest BCUT2D eigenvalue weighted by atomic mass is 16.5. The minimum atomic E-state index is -0.142. The zero-order valence-electron chi connectivity index (χ0n) is 21.7. The Bertz CT molecular complexity index is 1450. The van der Waals surface area contributed by atoms with Crippen LogP contribution in [0.2, 0.25) is 0 Å². The highest BCUT2D eigenvalue weighted by Crippen LogP contribution is 2.25. The third kappa shape index (κ3) is 5.40. The van der Waals surface area contributed by atoms with Gasteiger partial charge in [-0.1, -0.05) is 30.3 Å². The lowest BCUT2D eigenvalue weighted by atomic mass is 10.1. The largest absolute Gasteiger partial charge is 0.494 e. The maximum atomic E-state index is 13.7. The molecule has 2 heterocycles. The van der Waals surface area contributed by atoms with Gasteiger partial charge in [-0.15, -0.1) is 0 Å². The van der Waals surface area contributed by atoms with E-state index in [1.165, 1.54) is 0 Å². The Balaban J connectivity index is 1.36. The summed E-state index contributed by atoms with van der Waals surface area (Å²) in [4.78, 5) is 35.5. The van der Waals surface area contributed by atoms with Crippen LogP contribution in [0.3, 0.4) is 0 Å². The number of aromatic nitrogens is 2. The summed E-state index contributed by atoms with van der Waals surface area (Å²) in [6, 6.07) is 24.2. The molecule has 0 aliphatic carbocycles. The molecule has 0 saturated carbocycles. The van der Waals surface area contributed by atoms with Gasteiger partial charge in [0, 0.05) is 26.2 Å². The Hall–Kier alpha value is -4.17. The number of carbonyl (C=O) groups is 1. The van der Waals surface area contributed by atoms with Crippen LogP contribution in [0.15, 0.2) is 83.7 Å². The van der Waals surface area contributed by atoms with Gasteiger partial charge < -0.3 is 14.4 Å². The Morgan fingerprint density at radius 2 is 1.53 bits per heavy atom. The van der Waals surface area contributed by atoms with Gasteiger partial charge in [0.1, 0.15) is 17.3 Å². The van der Waals surface area contributed by atoms with Gasteiger partial charge in [-0.05, 0) is 62.4 Å². The van der Waals surface area contributed by atoms with E-state index in [9.17, 15) is 9.59 Å². The summed E-state index contributed by atoms with van der Waals surface area (Å²) >= 11 is 0. The van der Waals surface area contributed by atoms with Crippen molar-refractivity contribution >= 4 is 16.8 Å². The average Bonchev–Trinajstić information content (AvgIpc) is 2.97. The molecule has 0 bridgehead atoms. The molecule has 38 heavy (non-hydrogen) atoms. The van der Waals surface area contributed by atoms with Crippen molar-refractivity contribution in [2.24, 2.45) is 0 Å². The summed E-state index contributed by atoms with van der Waals surface area (Å²) in [5.41, 5.74) is 1.31. The molecular formula is C30H32N4O4. The molecule has 1 unspecified atom stereocenters. The SMILES string of the molecule is CCOc1ccc(-n2c(C(C)N3CCN(C(=O)COc4ccccc4)CC3)nc3ccccc3c2=O)cc1. The number of fused-ring (bicyclic) bond motifs is 1. The normalized spacial score (nSPS) is 14.8. The van der Waals surface area contributed by atoms with Gasteiger partial charge in [-0.2, -0.15) is 0 Å². The number of ether oxygens (including phenoxy) is 2. The summed E-state index contributed by atoms with van der Waals surface area (Å²) in [7, 11) is 0. The Kier molecular flexibility index (Phi) is 7.70. The molecule has 0 spiro atoms. The smallest absolute Gasteiger partial charge is 0.266 e. The average molecular weight is 513 g/mol. The lowest BCUT2D eigenvalue weighted by Crippen LogP contribution is -2.51. The van der Waals surface area contributed by atoms with Crippen molar-refractivity contribution in [2.75, 3.05) is 39.4 Å². The monoisotopic (exact) mass is 512 g/mol. The van der Waals surface area contributed by atoms with E-state index >= 15 is 0 Å². The van der Waals surface area contributed by atoms with Gasteiger partial charge in [0.05, 0.1) is 29.2 Å². The first-order valence-electron chi connectivity index (χ1n) is 13.0. The molecular weight excluding hydrogens is 480 g/mol. The van der Waals surface area contributed by atoms with Crippen molar-refractivity contribution in [3.8, 4) is 17.2 Å². The van der Waals surface area contributed by atoms with E-state index < -0.39 is 0 Å². The molecule has 8 heteroatoms. The zero-order valence-corrected chi connectivity index (χ0v) is 21.7. The molecule has 0 radical (unpaired) electrons. The van der Waals surface area contributed by atoms with Crippen LogP contribution in [0.4, 0.5) is 0 Å². The summed E-state index contributed by atoms with van der Waals surface area (Å²) in [5.74, 6) is 2.08.